The van der Waals surface area contributed by atoms with E-state index in [9.17, 15) is 9.59 Å². The van der Waals surface area contributed by atoms with Crippen LogP contribution in [0.25, 0.3) is 0 Å². The number of thiazole rings is 1. The topological polar surface area (TPSA) is 85.5 Å². The van der Waals surface area contributed by atoms with Gasteiger partial charge in [0.2, 0.25) is 11.5 Å². The summed E-state index contributed by atoms with van der Waals surface area (Å²) < 4.78 is 6.26. The summed E-state index contributed by atoms with van der Waals surface area (Å²) in [5, 5.41) is 2.50. The van der Waals surface area contributed by atoms with Gasteiger partial charge in [-0.15, -0.1) is 11.3 Å². The van der Waals surface area contributed by atoms with Gasteiger partial charge in [-0.2, -0.15) is 0 Å². The van der Waals surface area contributed by atoms with Gasteiger partial charge in [-0.3, -0.25) is 9.59 Å². The molecule has 1 aromatic heterocycles. The van der Waals surface area contributed by atoms with E-state index in [0.717, 1.165) is 31.5 Å². The van der Waals surface area contributed by atoms with E-state index < -0.39 is 11.5 Å². The lowest BCUT2D eigenvalue weighted by Gasteiger charge is -2.33. The summed E-state index contributed by atoms with van der Waals surface area (Å²) in [6.45, 7) is 3.43. The van der Waals surface area contributed by atoms with Gasteiger partial charge in [0.15, 0.2) is 0 Å². The van der Waals surface area contributed by atoms with E-state index in [4.69, 9.17) is 10.5 Å². The zero-order chi connectivity index (χ0) is 17.6. The summed E-state index contributed by atoms with van der Waals surface area (Å²) in [5.41, 5.74) is 5.47. The molecule has 1 aromatic carbocycles. The molecule has 0 aliphatic carbocycles. The van der Waals surface area contributed by atoms with E-state index in [0.29, 0.717) is 16.3 Å². The monoisotopic (exact) mass is 357 g/mol. The minimum atomic E-state index is -1.17. The number of carbonyl (C=O) groups excluding carboxylic acids is 2. The van der Waals surface area contributed by atoms with Crippen molar-refractivity contribution in [1.29, 1.82) is 0 Å². The molecule has 7 heteroatoms. The standard InChI is InChI=1S/C18H19N3O3S/c1-11-13-10-12(15(19)22)4-5-14(13)24-18(11,16-20-6-9-25-16)17(23)21-7-2-3-8-21/h4-6,9-11H,2-3,7-8H2,1H3,(H2,19,22). The van der Waals surface area contributed by atoms with Crippen molar-refractivity contribution in [3.63, 3.8) is 0 Å². The van der Waals surface area contributed by atoms with E-state index in [-0.39, 0.29) is 11.8 Å². The van der Waals surface area contributed by atoms with E-state index >= 15 is 0 Å². The van der Waals surface area contributed by atoms with Gasteiger partial charge in [0.05, 0.1) is 0 Å². The number of benzene rings is 1. The van der Waals surface area contributed by atoms with Crippen LogP contribution in [0, 0.1) is 0 Å². The lowest BCUT2D eigenvalue weighted by atomic mass is 9.84. The number of rotatable bonds is 3. The number of aromatic nitrogens is 1. The maximum atomic E-state index is 13.4. The van der Waals surface area contributed by atoms with Gasteiger partial charge in [0.25, 0.3) is 5.91 Å². The first-order valence-corrected chi connectivity index (χ1v) is 9.24. The van der Waals surface area contributed by atoms with Gasteiger partial charge in [-0.05, 0) is 31.0 Å². The number of nitrogens with two attached hydrogens (primary N) is 1. The molecule has 2 aromatic rings. The largest absolute Gasteiger partial charge is 0.469 e. The predicted molar refractivity (Wildman–Crippen MR) is 93.6 cm³/mol. The number of carbonyl (C=O) groups is 2. The Morgan fingerprint density at radius 3 is 2.76 bits per heavy atom. The van der Waals surface area contributed by atoms with E-state index in [1.54, 1.807) is 24.4 Å². The molecule has 2 aliphatic heterocycles. The summed E-state index contributed by atoms with van der Waals surface area (Å²) in [4.78, 5) is 31.2. The number of ether oxygens (including phenoxy) is 1. The number of fused-ring (bicyclic) bond motifs is 1. The van der Waals surface area contributed by atoms with Crippen LogP contribution in [0.5, 0.6) is 5.75 Å². The SMILES string of the molecule is CC1c2cc(C(N)=O)ccc2OC1(C(=O)N1CCCC1)c1nccs1. The minimum Gasteiger partial charge on any atom is -0.469 e. The first kappa shape index (κ1) is 16.1. The van der Waals surface area contributed by atoms with Crippen LogP contribution in [0.4, 0.5) is 0 Å². The van der Waals surface area contributed by atoms with Crippen LogP contribution >= 0.6 is 11.3 Å². The second-order valence-electron chi connectivity index (χ2n) is 6.51. The van der Waals surface area contributed by atoms with Crippen molar-refractivity contribution in [2.45, 2.75) is 31.3 Å². The predicted octanol–water partition coefficient (Wildman–Crippen LogP) is 2.26. The summed E-state index contributed by atoms with van der Waals surface area (Å²) >= 11 is 1.42. The highest BCUT2D eigenvalue weighted by atomic mass is 32.1. The van der Waals surface area contributed by atoms with Crippen LogP contribution in [-0.4, -0.2) is 34.8 Å². The van der Waals surface area contributed by atoms with Crippen molar-refractivity contribution in [2.75, 3.05) is 13.1 Å². The number of hydrogen-bond acceptors (Lipinski definition) is 5. The van der Waals surface area contributed by atoms with Crippen LogP contribution in [-0.2, 0) is 10.4 Å². The fourth-order valence-electron chi connectivity index (χ4n) is 3.73. The highest BCUT2D eigenvalue weighted by Crippen LogP contribution is 2.52. The smallest absolute Gasteiger partial charge is 0.274 e. The second kappa shape index (κ2) is 5.84. The Morgan fingerprint density at radius 2 is 2.12 bits per heavy atom. The van der Waals surface area contributed by atoms with Crippen molar-refractivity contribution in [1.82, 2.24) is 9.88 Å². The van der Waals surface area contributed by atoms with Gasteiger partial charge < -0.3 is 15.4 Å². The molecule has 2 aliphatic rings. The summed E-state index contributed by atoms with van der Waals surface area (Å²) in [5.74, 6) is -0.196. The average Bonchev–Trinajstić information content (AvgIpc) is 3.35. The lowest BCUT2D eigenvalue weighted by Crippen LogP contribution is -2.50. The quantitative estimate of drug-likeness (QED) is 0.913. The van der Waals surface area contributed by atoms with Crippen LogP contribution in [0.3, 0.4) is 0 Å². The highest BCUT2D eigenvalue weighted by molar-refractivity contribution is 7.09. The number of nitrogens with zero attached hydrogens (tertiary/aromatic N) is 2. The lowest BCUT2D eigenvalue weighted by molar-refractivity contribution is -0.148. The van der Waals surface area contributed by atoms with Crippen molar-refractivity contribution in [3.8, 4) is 5.75 Å². The number of primary amides is 1. The van der Waals surface area contributed by atoms with Crippen LogP contribution in [0.2, 0.25) is 0 Å². The average molecular weight is 357 g/mol. The van der Waals surface area contributed by atoms with Crippen molar-refractivity contribution >= 4 is 23.2 Å². The van der Waals surface area contributed by atoms with Crippen LogP contribution < -0.4 is 10.5 Å². The number of amides is 2. The fraction of sp³-hybridized carbons (Fsp3) is 0.389. The van der Waals surface area contributed by atoms with Crippen LogP contribution in [0.15, 0.2) is 29.8 Å². The molecular formula is C18H19N3O3S. The molecule has 25 heavy (non-hydrogen) atoms. The Labute approximate surface area is 149 Å². The Balaban J connectivity index is 1.82. The minimum absolute atomic E-state index is 0.0516. The molecule has 3 heterocycles. The molecule has 130 valence electrons. The molecule has 1 fully saturated rings. The normalized spacial score (nSPS) is 24.8. The third kappa shape index (κ3) is 2.33. The molecular weight excluding hydrogens is 338 g/mol. The van der Waals surface area contributed by atoms with E-state index in [1.165, 1.54) is 11.3 Å². The molecule has 2 unspecified atom stereocenters. The Hall–Kier alpha value is -2.41. The summed E-state index contributed by atoms with van der Waals surface area (Å²) in [7, 11) is 0. The first-order valence-electron chi connectivity index (χ1n) is 8.36. The molecule has 0 saturated carbocycles. The van der Waals surface area contributed by atoms with Gasteiger partial charge in [0.1, 0.15) is 10.8 Å². The van der Waals surface area contributed by atoms with Crippen molar-refractivity contribution in [2.24, 2.45) is 5.73 Å². The summed E-state index contributed by atoms with van der Waals surface area (Å²) in [6, 6.07) is 5.08. The highest BCUT2D eigenvalue weighted by Gasteiger charge is 2.57. The van der Waals surface area contributed by atoms with Gasteiger partial charge >= 0.3 is 0 Å². The van der Waals surface area contributed by atoms with Gasteiger partial charge in [-0.1, -0.05) is 6.92 Å². The third-order valence-electron chi connectivity index (χ3n) is 5.10. The van der Waals surface area contributed by atoms with E-state index in [2.05, 4.69) is 4.98 Å². The molecule has 6 nitrogen and oxygen atoms in total. The third-order valence-corrected chi connectivity index (χ3v) is 5.99. The zero-order valence-electron chi connectivity index (χ0n) is 13.9. The first-order chi connectivity index (χ1) is 12.0. The maximum Gasteiger partial charge on any atom is 0.274 e. The molecule has 2 amide bonds. The molecule has 4 rings (SSSR count). The molecule has 0 radical (unpaired) electrons. The Kier molecular flexibility index (Phi) is 3.76. The van der Waals surface area contributed by atoms with Crippen molar-refractivity contribution < 1.29 is 14.3 Å². The van der Waals surface area contributed by atoms with Gasteiger partial charge in [0, 0.05) is 41.7 Å². The molecule has 2 atom stereocenters. The van der Waals surface area contributed by atoms with Crippen molar-refractivity contribution in [3.05, 3.63) is 45.9 Å². The van der Waals surface area contributed by atoms with E-state index in [1.807, 2.05) is 17.2 Å². The fourth-order valence-corrected chi connectivity index (χ4v) is 4.58. The van der Waals surface area contributed by atoms with Gasteiger partial charge in [-0.25, -0.2) is 4.98 Å². The van der Waals surface area contributed by atoms with Crippen LogP contribution in [0.1, 0.15) is 46.6 Å². The zero-order valence-corrected chi connectivity index (χ0v) is 14.7. The Bertz CT molecular complexity index is 830. The number of likely N-dealkylation sites (tertiary alicyclic amines) is 1. The number of hydrogen-bond donors (Lipinski definition) is 1. The maximum absolute atomic E-state index is 13.4. The molecule has 0 bridgehead atoms. The molecule has 0 spiro atoms. The summed E-state index contributed by atoms with van der Waals surface area (Å²) in [6.07, 6.45) is 3.70. The molecule has 1 saturated heterocycles. The Morgan fingerprint density at radius 1 is 1.36 bits per heavy atom. The molecule has 2 N–H and O–H groups in total. The second-order valence-corrected chi connectivity index (χ2v) is 7.41.